The van der Waals surface area contributed by atoms with E-state index in [-0.39, 0.29) is 0 Å². The first-order valence-electron chi connectivity index (χ1n) is 2.75. The lowest BCUT2D eigenvalue weighted by Gasteiger charge is -1.93. The molecule has 0 saturated heterocycles. The molecule has 8 heavy (non-hydrogen) atoms. The number of hydrogen-bond acceptors (Lipinski definition) is 0. The average molecular weight is 221 g/mol. The molecule has 0 unspecified atom stereocenters. The molecule has 0 atom stereocenters. The molecule has 0 aromatic heterocycles. The van der Waals surface area contributed by atoms with Gasteiger partial charge in [-0.15, -0.1) is 5.92 Å². The zero-order valence-electron chi connectivity index (χ0n) is 5.29. The Hall–Kier alpha value is 0.290. The Kier molecular flexibility index (Phi) is 5.62. The van der Waals surface area contributed by atoms with Gasteiger partial charge in [-0.25, -0.2) is 0 Å². The topological polar surface area (TPSA) is 0 Å². The smallest absolute Gasteiger partial charge is 0.105 e. The van der Waals surface area contributed by atoms with Crippen LogP contribution in [0.5, 0.6) is 0 Å². The third-order valence-corrected chi connectivity index (χ3v) is 1.54. The first-order chi connectivity index (χ1) is 3.81. The van der Waals surface area contributed by atoms with Crippen LogP contribution in [0.2, 0.25) is 0 Å². The van der Waals surface area contributed by atoms with Gasteiger partial charge in [-0.05, 0) is 13.3 Å². The summed E-state index contributed by atoms with van der Waals surface area (Å²) in [6, 6.07) is 0. The van der Waals surface area contributed by atoms with Crippen molar-refractivity contribution in [1.82, 2.24) is 0 Å². The summed E-state index contributed by atoms with van der Waals surface area (Å²) in [7, 11) is 0. The predicted octanol–water partition coefficient (Wildman–Crippen LogP) is 2.78. The molecule has 1 heteroatoms. The quantitative estimate of drug-likeness (QED) is 0.496. The number of halogens is 1. The summed E-state index contributed by atoms with van der Waals surface area (Å²) in [4.78, 5) is 0. The molecule has 0 fully saturated rings. The van der Waals surface area contributed by atoms with Crippen molar-refractivity contribution in [1.29, 1.82) is 0 Å². The van der Waals surface area contributed by atoms with Gasteiger partial charge in [-0.2, -0.15) is 0 Å². The predicted molar refractivity (Wildman–Crippen MR) is 45.6 cm³/mol. The highest BCUT2D eigenvalue weighted by molar-refractivity contribution is 14.1. The summed E-state index contributed by atoms with van der Waals surface area (Å²) in [6.07, 6.45) is 2.34. The van der Waals surface area contributed by atoms with Crippen molar-refractivity contribution in [2.75, 3.05) is 0 Å². The zero-order valence-corrected chi connectivity index (χ0v) is 7.45. The van der Waals surface area contributed by atoms with Crippen molar-refractivity contribution < 1.29 is 0 Å². The van der Waals surface area contributed by atoms with Gasteiger partial charge < -0.3 is 0 Å². The zero-order chi connectivity index (χ0) is 6.41. The Morgan fingerprint density at radius 2 is 2.25 bits per heavy atom. The van der Waals surface area contributed by atoms with Gasteiger partial charge >= 0.3 is 0 Å². The van der Waals surface area contributed by atoms with Crippen LogP contribution in [0.25, 0.3) is 0 Å². The molecule has 0 aliphatic carbocycles. The van der Waals surface area contributed by atoms with Crippen LogP contribution in [-0.4, -0.2) is 0 Å². The van der Waals surface area contributed by atoms with E-state index in [1.165, 1.54) is 10.3 Å². The fourth-order valence-corrected chi connectivity index (χ4v) is 1.23. The van der Waals surface area contributed by atoms with Gasteiger partial charge in [0.15, 0.2) is 0 Å². The Morgan fingerprint density at radius 1 is 1.62 bits per heavy atom. The molecule has 0 aliphatic rings. The molecule has 0 aliphatic heterocycles. The second-order valence-electron chi connectivity index (χ2n) is 1.53. The van der Waals surface area contributed by atoms with Crippen molar-refractivity contribution in [3.8, 4) is 11.8 Å². The monoisotopic (exact) mass is 221 g/mol. The summed E-state index contributed by atoms with van der Waals surface area (Å²) in [5.41, 5.74) is 0. The van der Waals surface area contributed by atoms with Gasteiger partial charge in [0.1, 0.15) is 3.92 Å². The summed E-state index contributed by atoms with van der Waals surface area (Å²) in [5.74, 6) is 5.86. The molecule has 0 heterocycles. The largest absolute Gasteiger partial charge is 0.108 e. The molecule has 0 amide bonds. The van der Waals surface area contributed by atoms with Crippen molar-refractivity contribution in [3.63, 3.8) is 0 Å². The first kappa shape index (κ1) is 8.29. The number of rotatable bonds is 2. The highest BCUT2D eigenvalue weighted by Crippen LogP contribution is 2.15. The molecule has 0 bridgehead atoms. The maximum atomic E-state index is 3.00. The molecule has 0 aromatic carbocycles. The molecule has 0 saturated carbocycles. The lowest BCUT2D eigenvalue weighted by atomic mass is 10.2. The van der Waals surface area contributed by atoms with Crippen LogP contribution in [0, 0.1) is 15.8 Å². The van der Waals surface area contributed by atoms with E-state index < -0.39 is 0 Å². The Balaban J connectivity index is 3.27. The third-order valence-electron chi connectivity index (χ3n) is 0.730. The molecule has 1 radical (unpaired) electrons. The van der Waals surface area contributed by atoms with E-state index in [0.29, 0.717) is 0 Å². The van der Waals surface area contributed by atoms with E-state index in [1.807, 2.05) is 6.92 Å². The SMILES string of the molecule is CC#C[C](I)CCC. The van der Waals surface area contributed by atoms with Crippen LogP contribution in [0.15, 0.2) is 0 Å². The lowest BCUT2D eigenvalue weighted by Crippen LogP contribution is -1.78. The van der Waals surface area contributed by atoms with E-state index >= 15 is 0 Å². The fraction of sp³-hybridized carbons (Fsp3) is 0.571. The second-order valence-corrected chi connectivity index (χ2v) is 2.83. The summed E-state index contributed by atoms with van der Waals surface area (Å²) in [6.45, 7) is 4.03. The Bertz CT molecular complexity index is 96.7. The fourth-order valence-electron chi connectivity index (χ4n) is 0.418. The van der Waals surface area contributed by atoms with Crippen molar-refractivity contribution in [3.05, 3.63) is 3.92 Å². The van der Waals surface area contributed by atoms with Crippen molar-refractivity contribution in [2.45, 2.75) is 26.7 Å². The first-order valence-corrected chi connectivity index (χ1v) is 3.83. The van der Waals surface area contributed by atoms with Crippen LogP contribution in [0.4, 0.5) is 0 Å². The third kappa shape index (κ3) is 4.45. The molecule has 45 valence electrons. The molecular weight excluding hydrogens is 211 g/mol. The average Bonchev–Trinajstić information content (AvgIpc) is 1.68. The molecule has 0 nitrogen and oxygen atoms in total. The van der Waals surface area contributed by atoms with E-state index in [1.54, 1.807) is 0 Å². The molecule has 0 N–H and O–H groups in total. The molecule has 0 aromatic rings. The maximum absolute atomic E-state index is 3.00. The van der Waals surface area contributed by atoms with Crippen LogP contribution < -0.4 is 0 Å². The van der Waals surface area contributed by atoms with E-state index in [0.717, 1.165) is 6.42 Å². The maximum Gasteiger partial charge on any atom is 0.108 e. The Morgan fingerprint density at radius 3 is 2.62 bits per heavy atom. The van der Waals surface area contributed by atoms with Gasteiger partial charge in [0.25, 0.3) is 0 Å². The van der Waals surface area contributed by atoms with E-state index in [9.17, 15) is 0 Å². The molecule has 0 rings (SSSR count). The minimum absolute atomic E-state index is 1.14. The summed E-state index contributed by atoms with van der Waals surface area (Å²) in [5, 5.41) is 0. The summed E-state index contributed by atoms with van der Waals surface area (Å²) >= 11 is 2.28. The lowest BCUT2D eigenvalue weighted by molar-refractivity contribution is 0.922. The highest BCUT2D eigenvalue weighted by atomic mass is 127. The van der Waals surface area contributed by atoms with Crippen LogP contribution in [0.3, 0.4) is 0 Å². The van der Waals surface area contributed by atoms with Gasteiger partial charge in [0.2, 0.25) is 0 Å². The minimum atomic E-state index is 1.14. The number of hydrogen-bond donors (Lipinski definition) is 0. The minimum Gasteiger partial charge on any atom is -0.105 e. The van der Waals surface area contributed by atoms with Gasteiger partial charge in [-0.3, -0.25) is 0 Å². The van der Waals surface area contributed by atoms with Gasteiger partial charge in [-0.1, -0.05) is 41.9 Å². The van der Waals surface area contributed by atoms with Crippen molar-refractivity contribution >= 4 is 22.6 Å². The Labute approximate surface area is 65.2 Å². The van der Waals surface area contributed by atoms with Crippen LogP contribution >= 0.6 is 22.6 Å². The highest BCUT2D eigenvalue weighted by Gasteiger charge is 1.94. The van der Waals surface area contributed by atoms with Crippen molar-refractivity contribution in [2.24, 2.45) is 0 Å². The van der Waals surface area contributed by atoms with Crippen LogP contribution in [-0.2, 0) is 0 Å². The normalized spacial score (nSPS) is 8.50. The second kappa shape index (κ2) is 5.43. The van der Waals surface area contributed by atoms with Gasteiger partial charge in [0, 0.05) is 0 Å². The summed E-state index contributed by atoms with van der Waals surface area (Å²) < 4.78 is 1.27. The van der Waals surface area contributed by atoms with Crippen LogP contribution in [0.1, 0.15) is 26.7 Å². The van der Waals surface area contributed by atoms with E-state index in [2.05, 4.69) is 41.4 Å². The van der Waals surface area contributed by atoms with E-state index in [4.69, 9.17) is 0 Å². The molecular formula is C7H10I. The van der Waals surface area contributed by atoms with Gasteiger partial charge in [0.05, 0.1) is 0 Å². The molecule has 0 spiro atoms. The standard InChI is InChI=1S/C7H10I/c1-3-5-7(8)6-4-2/h3,5H2,1-2H3.